The van der Waals surface area contributed by atoms with Crippen molar-refractivity contribution < 1.29 is 9.76 Å². The van der Waals surface area contributed by atoms with Crippen LogP contribution in [0.25, 0.3) is 0 Å². The van der Waals surface area contributed by atoms with Crippen molar-refractivity contribution in [2.75, 3.05) is 12.8 Å². The van der Waals surface area contributed by atoms with Gasteiger partial charge in [0, 0.05) is 22.2 Å². The fraction of sp³-hybridized carbons (Fsp3) is 0.0714. The number of oxime groups is 1. The summed E-state index contributed by atoms with van der Waals surface area (Å²) in [7, 11) is 1.41. The van der Waals surface area contributed by atoms with Crippen LogP contribution in [0.2, 0.25) is 0 Å². The third kappa shape index (κ3) is 3.73. The largest absolute Gasteiger partial charge is 0.399 e. The van der Waals surface area contributed by atoms with E-state index in [-0.39, 0.29) is 5.69 Å². The first-order chi connectivity index (χ1) is 10.1. The summed E-state index contributed by atoms with van der Waals surface area (Å²) < 4.78 is 0. The Kier molecular flexibility index (Phi) is 4.78. The first-order valence-corrected chi connectivity index (χ1v) is 6.81. The summed E-state index contributed by atoms with van der Waals surface area (Å²) in [5, 5.41) is 14.8. The van der Waals surface area contributed by atoms with E-state index >= 15 is 0 Å². The van der Waals surface area contributed by atoms with Crippen LogP contribution >= 0.6 is 11.8 Å². The molecule has 6 nitrogen and oxygen atoms in total. The number of benzene rings is 2. The van der Waals surface area contributed by atoms with Gasteiger partial charge in [-0.25, -0.2) is 0 Å². The monoisotopic (exact) mass is 303 g/mol. The second kappa shape index (κ2) is 6.76. The van der Waals surface area contributed by atoms with Crippen molar-refractivity contribution >= 4 is 29.4 Å². The summed E-state index contributed by atoms with van der Waals surface area (Å²) >= 11 is 1.26. The lowest BCUT2D eigenvalue weighted by molar-refractivity contribution is -0.387. The number of hydrogen-bond donors (Lipinski definition) is 1. The zero-order valence-electron chi connectivity index (χ0n) is 11.2. The molecule has 21 heavy (non-hydrogen) atoms. The Morgan fingerprint density at radius 2 is 2.05 bits per heavy atom. The predicted octanol–water partition coefficient (Wildman–Crippen LogP) is 3.31. The van der Waals surface area contributed by atoms with Crippen molar-refractivity contribution in [2.24, 2.45) is 5.16 Å². The Bertz CT molecular complexity index is 689. The standard InChI is InChI=1S/C14H13N3O3S/c1-20-16-9-10-6-7-14(12(8-10)17(18)19)21-13-5-3-2-4-11(13)15/h2-9H,15H2,1H3/b16-9+. The fourth-order valence-electron chi connectivity index (χ4n) is 1.65. The van der Waals surface area contributed by atoms with Crippen molar-refractivity contribution in [3.8, 4) is 0 Å². The number of nitrogens with zero attached hydrogens (tertiary/aromatic N) is 2. The number of nitrogens with two attached hydrogens (primary N) is 1. The first kappa shape index (κ1) is 14.9. The van der Waals surface area contributed by atoms with Crippen LogP contribution < -0.4 is 5.73 Å². The van der Waals surface area contributed by atoms with Gasteiger partial charge in [-0.2, -0.15) is 0 Å². The molecule has 0 aliphatic carbocycles. The van der Waals surface area contributed by atoms with Gasteiger partial charge in [0.05, 0.1) is 16.0 Å². The number of nitrogen functional groups attached to an aromatic ring is 1. The van der Waals surface area contributed by atoms with Gasteiger partial charge in [0.15, 0.2) is 0 Å². The molecular formula is C14H13N3O3S. The molecule has 0 radical (unpaired) electrons. The average molecular weight is 303 g/mol. The van der Waals surface area contributed by atoms with Gasteiger partial charge in [0.25, 0.3) is 5.69 Å². The van der Waals surface area contributed by atoms with Crippen LogP contribution in [-0.4, -0.2) is 18.2 Å². The van der Waals surface area contributed by atoms with Crippen molar-refractivity contribution in [3.05, 3.63) is 58.1 Å². The molecule has 0 heterocycles. The number of nitro benzene ring substituents is 1. The normalized spacial score (nSPS) is 10.7. The van der Waals surface area contributed by atoms with Crippen molar-refractivity contribution in [1.29, 1.82) is 0 Å². The quantitative estimate of drug-likeness (QED) is 0.396. The molecule has 7 heteroatoms. The van der Waals surface area contributed by atoms with Gasteiger partial charge < -0.3 is 10.6 Å². The molecule has 0 aliphatic rings. The molecule has 0 atom stereocenters. The topological polar surface area (TPSA) is 90.8 Å². The third-order valence-corrected chi connectivity index (χ3v) is 3.78. The van der Waals surface area contributed by atoms with Gasteiger partial charge >= 0.3 is 0 Å². The zero-order chi connectivity index (χ0) is 15.2. The number of rotatable bonds is 5. The highest BCUT2D eigenvalue weighted by Gasteiger charge is 2.16. The lowest BCUT2D eigenvalue weighted by Crippen LogP contribution is -1.94. The van der Waals surface area contributed by atoms with E-state index in [9.17, 15) is 10.1 Å². The molecule has 2 aromatic rings. The first-order valence-electron chi connectivity index (χ1n) is 5.99. The molecular weight excluding hydrogens is 290 g/mol. The van der Waals surface area contributed by atoms with Gasteiger partial charge in [0.1, 0.15) is 7.11 Å². The van der Waals surface area contributed by atoms with Gasteiger partial charge in [-0.15, -0.1) is 0 Å². The Morgan fingerprint density at radius 1 is 1.29 bits per heavy atom. The van der Waals surface area contributed by atoms with E-state index in [2.05, 4.69) is 9.99 Å². The Balaban J connectivity index is 2.37. The van der Waals surface area contributed by atoms with Crippen LogP contribution in [0.3, 0.4) is 0 Å². The minimum Gasteiger partial charge on any atom is -0.399 e. The molecule has 0 spiro atoms. The van der Waals surface area contributed by atoms with E-state index in [1.807, 2.05) is 18.2 Å². The van der Waals surface area contributed by atoms with E-state index in [1.54, 1.807) is 18.2 Å². The zero-order valence-corrected chi connectivity index (χ0v) is 12.0. The highest BCUT2D eigenvalue weighted by Crippen LogP contribution is 2.37. The van der Waals surface area contributed by atoms with Gasteiger partial charge in [-0.3, -0.25) is 10.1 Å². The molecule has 2 rings (SSSR count). The Labute approximate surface area is 125 Å². The van der Waals surface area contributed by atoms with Gasteiger partial charge in [0.2, 0.25) is 0 Å². The maximum absolute atomic E-state index is 11.2. The minimum absolute atomic E-state index is 0.00306. The maximum Gasteiger partial charge on any atom is 0.283 e. The summed E-state index contributed by atoms with van der Waals surface area (Å²) in [5.74, 6) is 0. The molecule has 0 aliphatic heterocycles. The second-order valence-electron chi connectivity index (χ2n) is 4.04. The van der Waals surface area contributed by atoms with Crippen LogP contribution in [0.5, 0.6) is 0 Å². The van der Waals surface area contributed by atoms with E-state index in [0.717, 1.165) is 4.90 Å². The lowest BCUT2D eigenvalue weighted by atomic mass is 10.2. The van der Waals surface area contributed by atoms with E-state index in [1.165, 1.54) is 31.2 Å². The summed E-state index contributed by atoms with van der Waals surface area (Å²) in [6.07, 6.45) is 1.42. The molecule has 0 amide bonds. The summed E-state index contributed by atoms with van der Waals surface area (Å²) in [6.45, 7) is 0. The van der Waals surface area contributed by atoms with E-state index in [0.29, 0.717) is 16.1 Å². The minimum atomic E-state index is -0.425. The summed E-state index contributed by atoms with van der Waals surface area (Å²) in [4.78, 5) is 16.6. The van der Waals surface area contributed by atoms with Crippen LogP contribution in [-0.2, 0) is 4.84 Å². The number of para-hydroxylation sites is 1. The lowest BCUT2D eigenvalue weighted by Gasteiger charge is -2.06. The molecule has 2 aromatic carbocycles. The molecule has 0 bridgehead atoms. The molecule has 0 saturated heterocycles. The van der Waals surface area contributed by atoms with E-state index < -0.39 is 4.92 Å². The highest BCUT2D eigenvalue weighted by molar-refractivity contribution is 7.99. The Morgan fingerprint density at radius 3 is 2.71 bits per heavy atom. The van der Waals surface area contributed by atoms with Crippen LogP contribution in [0.4, 0.5) is 11.4 Å². The van der Waals surface area contributed by atoms with Crippen LogP contribution in [0.15, 0.2) is 57.4 Å². The van der Waals surface area contributed by atoms with E-state index in [4.69, 9.17) is 5.73 Å². The predicted molar refractivity (Wildman–Crippen MR) is 82.7 cm³/mol. The highest BCUT2D eigenvalue weighted by atomic mass is 32.2. The summed E-state index contributed by atoms with van der Waals surface area (Å²) in [6, 6.07) is 12.1. The second-order valence-corrected chi connectivity index (χ2v) is 5.13. The number of nitro groups is 1. The molecule has 0 saturated carbocycles. The molecule has 108 valence electrons. The molecule has 0 fully saturated rings. The van der Waals surface area contributed by atoms with Crippen molar-refractivity contribution in [1.82, 2.24) is 0 Å². The van der Waals surface area contributed by atoms with Gasteiger partial charge in [-0.05, 0) is 18.2 Å². The van der Waals surface area contributed by atoms with Gasteiger partial charge in [-0.1, -0.05) is 35.1 Å². The number of hydrogen-bond acceptors (Lipinski definition) is 6. The SMILES string of the molecule is CO/N=C/c1ccc(Sc2ccccc2N)c([N+](=O)[O-])c1. The molecule has 0 unspecified atom stereocenters. The molecule has 0 aromatic heterocycles. The molecule has 2 N–H and O–H groups in total. The fourth-order valence-corrected chi connectivity index (χ4v) is 2.59. The van der Waals surface area contributed by atoms with Crippen molar-refractivity contribution in [2.45, 2.75) is 9.79 Å². The van der Waals surface area contributed by atoms with Crippen LogP contribution in [0, 0.1) is 10.1 Å². The van der Waals surface area contributed by atoms with Crippen molar-refractivity contribution in [3.63, 3.8) is 0 Å². The summed E-state index contributed by atoms with van der Waals surface area (Å²) in [5.41, 5.74) is 7.04. The Hall–Kier alpha value is -2.54. The third-order valence-electron chi connectivity index (χ3n) is 2.63. The smallest absolute Gasteiger partial charge is 0.283 e. The van der Waals surface area contributed by atoms with Crippen LogP contribution in [0.1, 0.15) is 5.56 Å². The number of anilines is 1. The average Bonchev–Trinajstić information content (AvgIpc) is 2.48. The maximum atomic E-state index is 11.2.